The predicted molar refractivity (Wildman–Crippen MR) is 51.1 cm³/mol. The molecule has 2 aliphatic rings. The summed E-state index contributed by atoms with van der Waals surface area (Å²) in [6, 6.07) is 0.602. The number of nitrogens with two attached hydrogens (primary N) is 1. The minimum absolute atomic E-state index is 0.602. The van der Waals surface area contributed by atoms with E-state index in [9.17, 15) is 0 Å². The van der Waals surface area contributed by atoms with E-state index in [0.717, 1.165) is 11.8 Å². The Morgan fingerprint density at radius 2 is 2.25 bits per heavy atom. The number of aliphatic imine (C=N–C) groups is 1. The Labute approximate surface area is 74.2 Å². The average Bonchev–Trinajstić information content (AvgIpc) is 2.81. The molecule has 2 fully saturated rings. The standard InChI is InChI=1S/C10H18N2/c1-2-3-8-6-9(8)12-10(11)7-4-5-7/h7-9H,2-6H2,1H3,(H2,11,12). The third kappa shape index (κ3) is 1.79. The van der Waals surface area contributed by atoms with Gasteiger partial charge in [-0.05, 0) is 31.6 Å². The molecule has 12 heavy (non-hydrogen) atoms. The van der Waals surface area contributed by atoms with Gasteiger partial charge in [0.1, 0.15) is 0 Å². The number of rotatable bonds is 4. The monoisotopic (exact) mass is 166 g/mol. The van der Waals surface area contributed by atoms with Gasteiger partial charge in [-0.3, -0.25) is 4.99 Å². The van der Waals surface area contributed by atoms with E-state index in [1.165, 1.54) is 32.1 Å². The lowest BCUT2D eigenvalue weighted by atomic mass is 10.2. The normalized spacial score (nSPS) is 35.2. The van der Waals surface area contributed by atoms with Crippen molar-refractivity contribution in [1.82, 2.24) is 0 Å². The molecule has 0 aromatic heterocycles. The Morgan fingerprint density at radius 3 is 2.83 bits per heavy atom. The van der Waals surface area contributed by atoms with Gasteiger partial charge in [-0.2, -0.15) is 0 Å². The second-order valence-electron chi connectivity index (χ2n) is 4.18. The van der Waals surface area contributed by atoms with Gasteiger partial charge >= 0.3 is 0 Å². The molecule has 2 rings (SSSR count). The highest BCUT2D eigenvalue weighted by atomic mass is 14.9. The SMILES string of the molecule is CCCC1CC1N=C(N)C1CC1. The molecule has 2 heteroatoms. The Kier molecular flexibility index (Phi) is 2.07. The molecule has 0 saturated heterocycles. The first-order valence-corrected chi connectivity index (χ1v) is 5.14. The molecule has 2 N–H and O–H groups in total. The summed E-state index contributed by atoms with van der Waals surface area (Å²) in [7, 11) is 0. The van der Waals surface area contributed by atoms with E-state index in [0.29, 0.717) is 12.0 Å². The molecule has 0 aromatic rings. The van der Waals surface area contributed by atoms with E-state index in [1.54, 1.807) is 0 Å². The summed E-state index contributed by atoms with van der Waals surface area (Å²) in [6.45, 7) is 2.24. The molecule has 0 amide bonds. The maximum Gasteiger partial charge on any atom is 0.0971 e. The van der Waals surface area contributed by atoms with Crippen molar-refractivity contribution in [1.29, 1.82) is 0 Å². The molecule has 0 radical (unpaired) electrons. The average molecular weight is 166 g/mol. The molecule has 0 aliphatic heterocycles. The van der Waals surface area contributed by atoms with Gasteiger partial charge in [0.15, 0.2) is 0 Å². The summed E-state index contributed by atoms with van der Waals surface area (Å²) in [4.78, 5) is 4.54. The first-order valence-electron chi connectivity index (χ1n) is 5.14. The van der Waals surface area contributed by atoms with Crippen molar-refractivity contribution in [3.63, 3.8) is 0 Å². The zero-order valence-electron chi connectivity index (χ0n) is 7.79. The van der Waals surface area contributed by atoms with Crippen LogP contribution in [0.4, 0.5) is 0 Å². The van der Waals surface area contributed by atoms with E-state index in [2.05, 4.69) is 11.9 Å². The zero-order chi connectivity index (χ0) is 8.55. The van der Waals surface area contributed by atoms with Crippen molar-refractivity contribution < 1.29 is 0 Å². The fourth-order valence-corrected chi connectivity index (χ4v) is 1.75. The quantitative estimate of drug-likeness (QED) is 0.503. The van der Waals surface area contributed by atoms with Crippen LogP contribution in [0.1, 0.15) is 39.0 Å². The summed E-state index contributed by atoms with van der Waals surface area (Å²) < 4.78 is 0. The number of hydrogen-bond donors (Lipinski definition) is 1. The van der Waals surface area contributed by atoms with Gasteiger partial charge in [0, 0.05) is 5.92 Å². The molecular formula is C10H18N2. The minimum Gasteiger partial charge on any atom is -0.387 e. The fourth-order valence-electron chi connectivity index (χ4n) is 1.75. The van der Waals surface area contributed by atoms with Gasteiger partial charge in [0.05, 0.1) is 11.9 Å². The topological polar surface area (TPSA) is 38.4 Å². The van der Waals surface area contributed by atoms with Gasteiger partial charge in [-0.25, -0.2) is 0 Å². The summed E-state index contributed by atoms with van der Waals surface area (Å²) in [5.74, 6) is 2.47. The fraction of sp³-hybridized carbons (Fsp3) is 0.900. The largest absolute Gasteiger partial charge is 0.387 e. The van der Waals surface area contributed by atoms with Crippen LogP contribution in [0.2, 0.25) is 0 Å². The van der Waals surface area contributed by atoms with Crippen LogP contribution in [0, 0.1) is 11.8 Å². The van der Waals surface area contributed by atoms with Crippen LogP contribution in [0.25, 0.3) is 0 Å². The second kappa shape index (κ2) is 3.08. The van der Waals surface area contributed by atoms with Crippen molar-refractivity contribution in [3.05, 3.63) is 0 Å². The van der Waals surface area contributed by atoms with Crippen LogP contribution >= 0.6 is 0 Å². The van der Waals surface area contributed by atoms with E-state index in [4.69, 9.17) is 5.73 Å². The maximum atomic E-state index is 5.83. The van der Waals surface area contributed by atoms with Crippen LogP contribution in [-0.4, -0.2) is 11.9 Å². The van der Waals surface area contributed by atoms with E-state index in [1.807, 2.05) is 0 Å². The minimum atomic E-state index is 0.602. The summed E-state index contributed by atoms with van der Waals surface area (Å²) in [5.41, 5.74) is 5.83. The molecule has 0 aromatic carbocycles. The third-order valence-corrected chi connectivity index (χ3v) is 2.86. The summed E-state index contributed by atoms with van der Waals surface area (Å²) in [5, 5.41) is 0. The first kappa shape index (κ1) is 8.09. The zero-order valence-corrected chi connectivity index (χ0v) is 7.79. The second-order valence-corrected chi connectivity index (χ2v) is 4.18. The van der Waals surface area contributed by atoms with Crippen LogP contribution in [0.5, 0.6) is 0 Å². The number of amidine groups is 1. The molecule has 2 nitrogen and oxygen atoms in total. The van der Waals surface area contributed by atoms with Crippen molar-refractivity contribution in [2.75, 3.05) is 0 Å². The molecule has 2 aliphatic carbocycles. The number of nitrogens with zero attached hydrogens (tertiary/aromatic N) is 1. The molecule has 68 valence electrons. The maximum absolute atomic E-state index is 5.83. The highest BCUT2D eigenvalue weighted by Gasteiger charge is 2.37. The lowest BCUT2D eigenvalue weighted by molar-refractivity contribution is 0.683. The Balaban J connectivity index is 1.77. The molecule has 2 atom stereocenters. The molecular weight excluding hydrogens is 148 g/mol. The summed E-state index contributed by atoms with van der Waals surface area (Å²) in [6.07, 6.45) is 6.48. The van der Waals surface area contributed by atoms with Crippen LogP contribution < -0.4 is 5.73 Å². The van der Waals surface area contributed by atoms with Crippen LogP contribution in [0.3, 0.4) is 0 Å². The van der Waals surface area contributed by atoms with E-state index < -0.39 is 0 Å². The first-order chi connectivity index (χ1) is 5.81. The van der Waals surface area contributed by atoms with Crippen LogP contribution in [-0.2, 0) is 0 Å². The summed E-state index contributed by atoms with van der Waals surface area (Å²) >= 11 is 0. The highest BCUT2D eigenvalue weighted by Crippen LogP contribution is 2.39. The van der Waals surface area contributed by atoms with Crippen molar-refractivity contribution in [3.8, 4) is 0 Å². The van der Waals surface area contributed by atoms with Crippen LogP contribution in [0.15, 0.2) is 4.99 Å². The van der Waals surface area contributed by atoms with E-state index in [-0.39, 0.29) is 0 Å². The molecule has 0 spiro atoms. The van der Waals surface area contributed by atoms with Crippen molar-refractivity contribution in [2.24, 2.45) is 22.6 Å². The molecule has 0 bridgehead atoms. The van der Waals surface area contributed by atoms with Crippen molar-refractivity contribution in [2.45, 2.75) is 45.1 Å². The van der Waals surface area contributed by atoms with Gasteiger partial charge in [-0.15, -0.1) is 0 Å². The lowest BCUT2D eigenvalue weighted by Crippen LogP contribution is -2.15. The van der Waals surface area contributed by atoms with Gasteiger partial charge in [0.2, 0.25) is 0 Å². The number of hydrogen-bond acceptors (Lipinski definition) is 1. The van der Waals surface area contributed by atoms with Gasteiger partial charge < -0.3 is 5.73 Å². The lowest BCUT2D eigenvalue weighted by Gasteiger charge is -1.96. The molecule has 0 heterocycles. The van der Waals surface area contributed by atoms with E-state index >= 15 is 0 Å². The third-order valence-electron chi connectivity index (χ3n) is 2.86. The Hall–Kier alpha value is -0.530. The Bertz CT molecular complexity index is 194. The predicted octanol–water partition coefficient (Wildman–Crippen LogP) is 1.94. The van der Waals surface area contributed by atoms with Gasteiger partial charge in [0.25, 0.3) is 0 Å². The highest BCUT2D eigenvalue weighted by molar-refractivity contribution is 5.85. The molecule has 2 saturated carbocycles. The Morgan fingerprint density at radius 1 is 1.50 bits per heavy atom. The van der Waals surface area contributed by atoms with Gasteiger partial charge in [-0.1, -0.05) is 13.3 Å². The smallest absolute Gasteiger partial charge is 0.0971 e. The van der Waals surface area contributed by atoms with Crippen molar-refractivity contribution >= 4 is 5.84 Å². The molecule has 2 unspecified atom stereocenters.